The van der Waals surface area contributed by atoms with Crippen LogP contribution < -0.4 is 5.32 Å². The summed E-state index contributed by atoms with van der Waals surface area (Å²) in [5, 5.41) is 2.56. The molecule has 0 aliphatic rings. The highest BCUT2D eigenvalue weighted by atomic mass is 16.1. The highest BCUT2D eigenvalue weighted by molar-refractivity contribution is 5.45. The van der Waals surface area contributed by atoms with Crippen molar-refractivity contribution in [1.29, 1.82) is 0 Å². The first-order chi connectivity index (χ1) is 4.77. The summed E-state index contributed by atoms with van der Waals surface area (Å²) in [5.74, 6) is 0. The molecule has 0 fully saturated rings. The van der Waals surface area contributed by atoms with Gasteiger partial charge in [-0.2, -0.15) is 0 Å². The summed E-state index contributed by atoms with van der Waals surface area (Å²) in [5.41, 5.74) is 0. The van der Waals surface area contributed by atoms with E-state index >= 15 is 0 Å². The van der Waals surface area contributed by atoms with Crippen LogP contribution in [0.1, 0.15) is 13.8 Å². The average molecular weight is 146 g/mol. The smallest absolute Gasteiger partial charge is 0.207 e. The molecule has 0 saturated heterocycles. The molecule has 0 heterocycles. The first kappa shape index (κ1) is 12.1. The normalized spacial score (nSPS) is 8.10. The zero-order valence-electron chi connectivity index (χ0n) is 7.35. The molecule has 0 saturated carbocycles. The second-order valence-corrected chi connectivity index (χ2v) is 1.88. The van der Waals surface area contributed by atoms with Crippen LogP contribution in [-0.4, -0.2) is 38.5 Å². The van der Waals surface area contributed by atoms with Crippen molar-refractivity contribution in [1.82, 2.24) is 10.2 Å². The minimum absolute atomic E-state index is 0.712. The van der Waals surface area contributed by atoms with Crippen LogP contribution in [0.15, 0.2) is 0 Å². The maximum atomic E-state index is 9.66. The van der Waals surface area contributed by atoms with E-state index in [0.29, 0.717) is 6.41 Å². The number of hydrogen-bond donors (Lipinski definition) is 1. The largest absolute Gasteiger partial charge is 0.357 e. The first-order valence-electron chi connectivity index (χ1n) is 3.59. The Labute approximate surface area is 63.4 Å². The molecule has 0 spiro atoms. The van der Waals surface area contributed by atoms with Gasteiger partial charge in [0, 0.05) is 13.1 Å². The van der Waals surface area contributed by atoms with Crippen LogP contribution in [-0.2, 0) is 4.79 Å². The van der Waals surface area contributed by atoms with Crippen molar-refractivity contribution in [3.63, 3.8) is 0 Å². The molecule has 3 heteroatoms. The van der Waals surface area contributed by atoms with Gasteiger partial charge in [-0.05, 0) is 14.1 Å². The van der Waals surface area contributed by atoms with Gasteiger partial charge in [-0.3, -0.25) is 4.79 Å². The molecule has 0 aromatic heterocycles. The number of amides is 1. The van der Waals surface area contributed by atoms with E-state index in [4.69, 9.17) is 0 Å². The van der Waals surface area contributed by atoms with E-state index in [1.165, 1.54) is 0 Å². The van der Waals surface area contributed by atoms with Gasteiger partial charge in [0.25, 0.3) is 0 Å². The Morgan fingerprint density at radius 1 is 1.40 bits per heavy atom. The van der Waals surface area contributed by atoms with E-state index in [-0.39, 0.29) is 0 Å². The number of nitrogens with zero attached hydrogens (tertiary/aromatic N) is 1. The van der Waals surface area contributed by atoms with Gasteiger partial charge < -0.3 is 10.2 Å². The molecule has 0 bridgehead atoms. The summed E-state index contributed by atoms with van der Waals surface area (Å²) < 4.78 is 0. The van der Waals surface area contributed by atoms with Crippen molar-refractivity contribution < 1.29 is 4.79 Å². The summed E-state index contributed by atoms with van der Waals surface area (Å²) in [6.45, 7) is 5.63. The molecule has 1 amide bonds. The van der Waals surface area contributed by atoms with E-state index in [1.54, 1.807) is 0 Å². The molecule has 0 aromatic carbocycles. The number of carbonyl (C=O) groups excluding carboxylic acids is 1. The zero-order valence-corrected chi connectivity index (χ0v) is 7.35. The van der Waals surface area contributed by atoms with E-state index in [1.807, 2.05) is 32.8 Å². The first-order valence-corrected chi connectivity index (χ1v) is 3.59. The van der Waals surface area contributed by atoms with Crippen LogP contribution in [0.4, 0.5) is 0 Å². The molecular weight excluding hydrogens is 128 g/mol. The van der Waals surface area contributed by atoms with E-state index < -0.39 is 0 Å². The van der Waals surface area contributed by atoms with Gasteiger partial charge in [-0.1, -0.05) is 13.8 Å². The molecule has 0 unspecified atom stereocenters. The van der Waals surface area contributed by atoms with Gasteiger partial charge in [-0.25, -0.2) is 0 Å². The van der Waals surface area contributed by atoms with Gasteiger partial charge in [-0.15, -0.1) is 0 Å². The van der Waals surface area contributed by atoms with Crippen LogP contribution in [0.2, 0.25) is 0 Å². The zero-order chi connectivity index (χ0) is 8.41. The third-order valence-corrected chi connectivity index (χ3v) is 0.787. The van der Waals surface area contributed by atoms with Gasteiger partial charge >= 0.3 is 0 Å². The Morgan fingerprint density at radius 3 is 2.20 bits per heavy atom. The highest BCUT2D eigenvalue weighted by Gasteiger charge is 1.84. The lowest BCUT2D eigenvalue weighted by atomic mass is 10.6. The molecule has 0 aromatic rings. The third kappa shape index (κ3) is 15.7. The number of nitrogens with one attached hydrogen (secondary N) is 1. The maximum absolute atomic E-state index is 9.66. The van der Waals surface area contributed by atoms with Crippen LogP contribution in [0, 0.1) is 0 Å². The molecule has 3 nitrogen and oxygen atoms in total. The fourth-order valence-electron chi connectivity index (χ4n) is 0.347. The topological polar surface area (TPSA) is 32.3 Å². The predicted molar refractivity (Wildman–Crippen MR) is 44.0 cm³/mol. The minimum Gasteiger partial charge on any atom is -0.357 e. The minimum atomic E-state index is 0.712. The third-order valence-electron chi connectivity index (χ3n) is 0.787. The molecule has 62 valence electrons. The Kier molecular flexibility index (Phi) is 13.7. The molecule has 0 atom stereocenters. The quantitative estimate of drug-likeness (QED) is 0.457. The standard InChI is InChI=1S/C5H12N2O.C2H6/c1-7(2)4-3-6-5-8;1-2/h5H,3-4H2,1-2H3,(H,6,8);1-2H3. The molecule has 0 rings (SSSR count). The molecule has 0 aliphatic heterocycles. The molecule has 0 aliphatic carbocycles. The number of rotatable bonds is 4. The van der Waals surface area contributed by atoms with Crippen molar-refractivity contribution in [3.05, 3.63) is 0 Å². The Bertz CT molecular complexity index is 64.6. The predicted octanol–water partition coefficient (Wildman–Crippen LogP) is 0.320. The van der Waals surface area contributed by atoms with Crippen LogP contribution in [0.5, 0.6) is 0 Å². The summed E-state index contributed by atoms with van der Waals surface area (Å²) in [6.07, 6.45) is 0.712. The Balaban J connectivity index is 0. The fourth-order valence-corrected chi connectivity index (χ4v) is 0.347. The van der Waals surface area contributed by atoms with E-state index in [2.05, 4.69) is 5.32 Å². The highest BCUT2D eigenvalue weighted by Crippen LogP contribution is 1.67. The molecule has 10 heavy (non-hydrogen) atoms. The molecule has 1 N–H and O–H groups in total. The van der Waals surface area contributed by atoms with Crippen LogP contribution in [0.25, 0.3) is 0 Å². The van der Waals surface area contributed by atoms with Gasteiger partial charge in [0.15, 0.2) is 0 Å². The van der Waals surface area contributed by atoms with Crippen molar-refractivity contribution in [2.24, 2.45) is 0 Å². The molecule has 0 radical (unpaired) electrons. The summed E-state index contributed by atoms with van der Waals surface area (Å²) in [4.78, 5) is 11.7. The fraction of sp³-hybridized carbons (Fsp3) is 0.857. The maximum Gasteiger partial charge on any atom is 0.207 e. The molecular formula is C7H18N2O. The van der Waals surface area contributed by atoms with Crippen molar-refractivity contribution >= 4 is 6.41 Å². The Morgan fingerprint density at radius 2 is 1.90 bits per heavy atom. The number of likely N-dealkylation sites (N-methyl/N-ethyl adjacent to an activating group) is 1. The number of hydrogen-bond acceptors (Lipinski definition) is 2. The van der Waals surface area contributed by atoms with Crippen molar-refractivity contribution in [2.45, 2.75) is 13.8 Å². The van der Waals surface area contributed by atoms with Crippen molar-refractivity contribution in [2.75, 3.05) is 27.2 Å². The van der Waals surface area contributed by atoms with Crippen LogP contribution in [0.3, 0.4) is 0 Å². The second-order valence-electron chi connectivity index (χ2n) is 1.88. The monoisotopic (exact) mass is 146 g/mol. The number of carbonyl (C=O) groups is 1. The second kappa shape index (κ2) is 11.3. The SMILES string of the molecule is CC.CN(C)CCNC=O. The summed E-state index contributed by atoms with van der Waals surface area (Å²) >= 11 is 0. The average Bonchev–Trinajstić information content (AvgIpc) is 1.92. The van der Waals surface area contributed by atoms with E-state index in [0.717, 1.165) is 13.1 Å². The van der Waals surface area contributed by atoms with Crippen molar-refractivity contribution in [3.8, 4) is 0 Å². The van der Waals surface area contributed by atoms with E-state index in [9.17, 15) is 4.79 Å². The van der Waals surface area contributed by atoms with Gasteiger partial charge in [0.1, 0.15) is 0 Å². The summed E-state index contributed by atoms with van der Waals surface area (Å²) in [6, 6.07) is 0. The lowest BCUT2D eigenvalue weighted by Gasteiger charge is -2.06. The van der Waals surface area contributed by atoms with Gasteiger partial charge in [0.05, 0.1) is 0 Å². The Hall–Kier alpha value is -0.570. The van der Waals surface area contributed by atoms with Gasteiger partial charge in [0.2, 0.25) is 6.41 Å². The van der Waals surface area contributed by atoms with Crippen LogP contribution >= 0.6 is 0 Å². The summed E-state index contributed by atoms with van der Waals surface area (Å²) in [7, 11) is 3.93. The lowest BCUT2D eigenvalue weighted by molar-refractivity contribution is -0.109. The lowest BCUT2D eigenvalue weighted by Crippen LogP contribution is -2.25.